The van der Waals surface area contributed by atoms with E-state index in [0.29, 0.717) is 49.4 Å². The smallest absolute Gasteiger partial charge is 0.257 e. The maximum absolute atomic E-state index is 14.4. The molecule has 8 heteroatoms. The van der Waals surface area contributed by atoms with E-state index < -0.39 is 5.82 Å². The average molecular weight is 375 g/mol. The van der Waals surface area contributed by atoms with Gasteiger partial charge in [0.05, 0.1) is 5.69 Å². The van der Waals surface area contributed by atoms with Gasteiger partial charge in [-0.1, -0.05) is 0 Å². The molecule has 2 aliphatic heterocycles. The molecule has 7 nitrogen and oxygen atoms in total. The molecule has 0 spiro atoms. The molecule has 1 fully saturated rings. The van der Waals surface area contributed by atoms with Crippen molar-refractivity contribution in [2.75, 3.05) is 19.8 Å². The van der Waals surface area contributed by atoms with E-state index in [1.165, 1.54) is 16.7 Å². The van der Waals surface area contributed by atoms with Crippen molar-refractivity contribution in [3.63, 3.8) is 0 Å². The molecule has 2 aromatic heterocycles. The van der Waals surface area contributed by atoms with E-state index in [0.717, 1.165) is 6.42 Å². The summed E-state index contributed by atoms with van der Waals surface area (Å²) in [6.45, 7) is 3.93. The Hall–Kier alpha value is -2.61. The minimum Gasteiger partial charge on any atom is -0.487 e. The zero-order chi connectivity index (χ0) is 19.0. The molecule has 2 aliphatic rings. The highest BCUT2D eigenvalue weighted by atomic mass is 19.1. The second kappa shape index (κ2) is 7.19. The monoisotopic (exact) mass is 375 g/mol. The van der Waals surface area contributed by atoms with E-state index in [-0.39, 0.29) is 17.7 Å². The van der Waals surface area contributed by atoms with Crippen molar-refractivity contribution in [2.24, 2.45) is 7.05 Å². The second-order valence-electron chi connectivity index (χ2n) is 6.99. The minimum atomic E-state index is -0.395. The first-order valence-corrected chi connectivity index (χ1v) is 9.02. The van der Waals surface area contributed by atoms with Gasteiger partial charge in [0.15, 0.2) is 5.75 Å². The molecule has 0 unspecified atom stereocenters. The predicted molar refractivity (Wildman–Crippen MR) is 95.8 cm³/mol. The van der Waals surface area contributed by atoms with E-state index in [1.807, 2.05) is 0 Å². The van der Waals surface area contributed by atoms with Gasteiger partial charge in [0, 0.05) is 50.9 Å². The zero-order valence-corrected chi connectivity index (χ0v) is 15.4. The number of ether oxygens (including phenoxy) is 3. The van der Waals surface area contributed by atoms with Crippen LogP contribution in [-0.4, -0.2) is 46.4 Å². The predicted octanol–water partition coefficient (Wildman–Crippen LogP) is 1.73. The number of aryl methyl sites for hydroxylation is 1. The third-order valence-electron chi connectivity index (χ3n) is 4.94. The number of pyridine rings is 2. The lowest BCUT2D eigenvalue weighted by Gasteiger charge is -2.22. The van der Waals surface area contributed by atoms with Gasteiger partial charge < -0.3 is 18.8 Å². The Labute approximate surface area is 156 Å². The van der Waals surface area contributed by atoms with E-state index in [1.54, 1.807) is 19.3 Å². The van der Waals surface area contributed by atoms with Crippen LogP contribution < -0.4 is 19.8 Å². The zero-order valence-electron chi connectivity index (χ0n) is 15.4. The minimum absolute atomic E-state index is 0.0298. The Balaban J connectivity index is 1.44. The summed E-state index contributed by atoms with van der Waals surface area (Å²) in [5, 5.41) is 0. The number of halogens is 1. The van der Waals surface area contributed by atoms with E-state index in [2.05, 4.69) is 16.8 Å². The molecule has 0 bridgehead atoms. The fourth-order valence-corrected chi connectivity index (χ4v) is 3.47. The molecule has 4 rings (SSSR count). The first kappa shape index (κ1) is 17.8. The maximum atomic E-state index is 14.4. The van der Waals surface area contributed by atoms with Gasteiger partial charge in [0.2, 0.25) is 5.56 Å². The maximum Gasteiger partial charge on any atom is 0.257 e. The van der Waals surface area contributed by atoms with Crippen molar-refractivity contribution >= 4 is 0 Å². The molecule has 2 atom stereocenters. The van der Waals surface area contributed by atoms with Crippen LogP contribution in [0.15, 0.2) is 29.2 Å². The first-order valence-electron chi connectivity index (χ1n) is 9.02. The van der Waals surface area contributed by atoms with Crippen LogP contribution in [0, 0.1) is 5.82 Å². The molecule has 1 saturated heterocycles. The van der Waals surface area contributed by atoms with Crippen LogP contribution in [0.1, 0.15) is 19.0 Å². The Kier molecular flexibility index (Phi) is 4.73. The van der Waals surface area contributed by atoms with Crippen LogP contribution in [0.2, 0.25) is 0 Å². The second-order valence-corrected chi connectivity index (χ2v) is 6.99. The van der Waals surface area contributed by atoms with Crippen LogP contribution in [0.4, 0.5) is 4.39 Å². The van der Waals surface area contributed by atoms with Crippen molar-refractivity contribution in [1.82, 2.24) is 14.5 Å². The third-order valence-corrected chi connectivity index (χ3v) is 4.94. The third kappa shape index (κ3) is 3.75. The van der Waals surface area contributed by atoms with Gasteiger partial charge in [-0.15, -0.1) is 0 Å². The Morgan fingerprint density at radius 3 is 2.96 bits per heavy atom. The molecular weight excluding hydrogens is 353 g/mol. The number of hydrogen-bond donors (Lipinski definition) is 0. The van der Waals surface area contributed by atoms with Crippen LogP contribution in [-0.2, 0) is 13.6 Å². The summed E-state index contributed by atoms with van der Waals surface area (Å²) in [6, 6.07) is 4.73. The molecule has 0 amide bonds. The van der Waals surface area contributed by atoms with Crippen molar-refractivity contribution in [1.29, 1.82) is 0 Å². The number of likely N-dealkylation sites (tertiary alicyclic amines) is 1. The Morgan fingerprint density at radius 1 is 1.33 bits per heavy atom. The van der Waals surface area contributed by atoms with Crippen molar-refractivity contribution in [3.8, 4) is 17.4 Å². The molecule has 0 saturated carbocycles. The molecule has 0 N–H and O–H groups in total. The highest BCUT2D eigenvalue weighted by Crippen LogP contribution is 2.31. The van der Waals surface area contributed by atoms with Crippen molar-refractivity contribution in [2.45, 2.75) is 32.0 Å². The first-order chi connectivity index (χ1) is 13.0. The molecule has 0 aromatic carbocycles. The van der Waals surface area contributed by atoms with Crippen LogP contribution in [0.5, 0.6) is 17.4 Å². The normalized spacial score (nSPS) is 22.0. The molecule has 0 radical (unpaired) electrons. The molecule has 4 heterocycles. The lowest BCUT2D eigenvalue weighted by Crippen LogP contribution is -2.29. The van der Waals surface area contributed by atoms with Gasteiger partial charge >= 0.3 is 0 Å². The van der Waals surface area contributed by atoms with Gasteiger partial charge in [0.1, 0.15) is 30.9 Å². The number of rotatable bonds is 4. The largest absolute Gasteiger partial charge is 0.487 e. The molecule has 144 valence electrons. The van der Waals surface area contributed by atoms with Gasteiger partial charge in [-0.25, -0.2) is 9.37 Å². The number of nitrogens with zero attached hydrogens (tertiary/aromatic N) is 3. The van der Waals surface area contributed by atoms with Crippen LogP contribution in [0.25, 0.3) is 0 Å². The van der Waals surface area contributed by atoms with Crippen molar-refractivity contribution < 1.29 is 18.6 Å². The average Bonchev–Trinajstić information content (AvgIpc) is 2.98. The summed E-state index contributed by atoms with van der Waals surface area (Å²) < 4.78 is 32.7. The summed E-state index contributed by atoms with van der Waals surface area (Å²) >= 11 is 0. The summed E-state index contributed by atoms with van der Waals surface area (Å²) in [4.78, 5) is 17.9. The number of hydrogen-bond acceptors (Lipinski definition) is 6. The standard InChI is InChI=1S/C19H22FN3O4/c1-12-7-14(27-13-3-4-18(24)22(2)9-13)10-23(12)11-16-15(20)8-17-19(21-16)26-6-5-25-17/h3-4,8-9,12,14H,5-7,10-11H2,1-2H3/t12-,14+/m0/s1. The fourth-order valence-electron chi connectivity index (χ4n) is 3.47. The molecule has 0 aliphatic carbocycles. The number of fused-ring (bicyclic) bond motifs is 1. The van der Waals surface area contributed by atoms with E-state index in [9.17, 15) is 9.18 Å². The van der Waals surface area contributed by atoms with Gasteiger partial charge in [-0.3, -0.25) is 9.69 Å². The van der Waals surface area contributed by atoms with Gasteiger partial charge in [-0.05, 0) is 13.0 Å². The summed E-state index contributed by atoms with van der Waals surface area (Å²) in [7, 11) is 1.69. The van der Waals surface area contributed by atoms with Crippen molar-refractivity contribution in [3.05, 3.63) is 46.3 Å². The van der Waals surface area contributed by atoms with Gasteiger partial charge in [-0.2, -0.15) is 0 Å². The van der Waals surface area contributed by atoms with E-state index in [4.69, 9.17) is 14.2 Å². The van der Waals surface area contributed by atoms with Crippen LogP contribution in [0.3, 0.4) is 0 Å². The topological polar surface area (TPSA) is 65.8 Å². The SMILES string of the molecule is C[C@H]1C[C@@H](Oc2ccc(=O)n(C)c2)CN1Cc1nc2c(cc1F)OCCO2. The van der Waals surface area contributed by atoms with E-state index >= 15 is 0 Å². The quantitative estimate of drug-likeness (QED) is 0.811. The Morgan fingerprint density at radius 2 is 2.15 bits per heavy atom. The summed E-state index contributed by atoms with van der Waals surface area (Å²) in [6.07, 6.45) is 2.46. The molecular formula is C19H22FN3O4. The highest BCUT2D eigenvalue weighted by molar-refractivity contribution is 5.36. The Bertz CT molecular complexity index is 901. The summed E-state index contributed by atoms with van der Waals surface area (Å²) in [5.41, 5.74) is 0.262. The van der Waals surface area contributed by atoms with Crippen LogP contribution >= 0.6 is 0 Å². The lowest BCUT2D eigenvalue weighted by molar-refractivity contribution is 0.160. The highest BCUT2D eigenvalue weighted by Gasteiger charge is 2.32. The number of aromatic nitrogens is 2. The fraction of sp³-hybridized carbons (Fsp3) is 0.474. The summed E-state index contributed by atoms with van der Waals surface area (Å²) in [5.74, 6) is 0.962. The molecule has 2 aromatic rings. The van der Waals surface area contributed by atoms with Gasteiger partial charge in [0.25, 0.3) is 5.88 Å². The lowest BCUT2D eigenvalue weighted by atomic mass is 10.2. The molecule has 27 heavy (non-hydrogen) atoms.